The molecule has 2 aromatic rings. The van der Waals surface area contributed by atoms with Crippen LogP contribution in [0.2, 0.25) is 0 Å². The maximum atomic E-state index is 13.6. The summed E-state index contributed by atoms with van der Waals surface area (Å²) in [5, 5.41) is 16.0. The third kappa shape index (κ3) is 8.28. The molecule has 10 heteroatoms. The van der Waals surface area contributed by atoms with Crippen LogP contribution in [0.5, 0.6) is 0 Å². The molecule has 39 heavy (non-hydrogen) atoms. The van der Waals surface area contributed by atoms with Gasteiger partial charge in [-0.25, -0.2) is 8.42 Å². The van der Waals surface area contributed by atoms with Gasteiger partial charge in [-0.05, 0) is 48.6 Å². The first kappa shape index (κ1) is 28.6. The largest absolute Gasteiger partial charge is 0.340 e. The number of rotatable bonds is 10. The molecule has 2 atom stereocenters. The van der Waals surface area contributed by atoms with Gasteiger partial charge in [-0.3, -0.25) is 19.2 Å². The lowest BCUT2D eigenvalue weighted by molar-refractivity contribution is -0.124. The summed E-state index contributed by atoms with van der Waals surface area (Å²) in [5.74, 6) is -0.431. The van der Waals surface area contributed by atoms with Gasteiger partial charge in [-0.15, -0.1) is 0 Å². The van der Waals surface area contributed by atoms with Gasteiger partial charge >= 0.3 is 0 Å². The van der Waals surface area contributed by atoms with E-state index in [9.17, 15) is 23.3 Å². The smallest absolute Gasteiger partial charge is 0.251 e. The molecule has 1 aliphatic heterocycles. The Morgan fingerprint density at radius 1 is 1.08 bits per heavy atom. The summed E-state index contributed by atoms with van der Waals surface area (Å²) in [7, 11) is -3.43. The number of anilines is 1. The number of carbonyl (C=O) groups excluding carboxylic acids is 2. The first-order chi connectivity index (χ1) is 18.6. The third-order valence-corrected chi connectivity index (χ3v) is 8.15. The maximum Gasteiger partial charge on any atom is 0.251 e. The van der Waals surface area contributed by atoms with Crippen molar-refractivity contribution in [2.24, 2.45) is 5.92 Å². The van der Waals surface area contributed by atoms with Gasteiger partial charge in [-0.1, -0.05) is 62.4 Å². The van der Waals surface area contributed by atoms with E-state index in [1.807, 2.05) is 30.3 Å². The van der Waals surface area contributed by atoms with Crippen LogP contribution in [0.4, 0.5) is 5.69 Å². The van der Waals surface area contributed by atoms with Gasteiger partial charge in [-0.2, -0.15) is 5.26 Å². The van der Waals surface area contributed by atoms with Gasteiger partial charge in [0.05, 0.1) is 12.3 Å². The van der Waals surface area contributed by atoms with E-state index in [0.29, 0.717) is 49.6 Å². The minimum Gasteiger partial charge on any atom is -0.340 e. The molecule has 1 heterocycles. The number of hydrogen-bond acceptors (Lipinski definition) is 6. The number of nitrogens with zero attached hydrogens (tertiary/aromatic N) is 2. The minimum atomic E-state index is -3.43. The van der Waals surface area contributed by atoms with E-state index >= 15 is 0 Å². The molecule has 2 fully saturated rings. The van der Waals surface area contributed by atoms with Gasteiger partial charge in [0.15, 0.2) is 0 Å². The Morgan fingerprint density at radius 3 is 2.41 bits per heavy atom. The Morgan fingerprint density at radius 2 is 1.77 bits per heavy atom. The van der Waals surface area contributed by atoms with Crippen molar-refractivity contribution in [3.05, 3.63) is 65.7 Å². The summed E-state index contributed by atoms with van der Waals surface area (Å²) in [6.07, 6.45) is 7.52. The molecule has 2 aliphatic rings. The van der Waals surface area contributed by atoms with Crippen LogP contribution >= 0.6 is 0 Å². The molecule has 2 amide bonds. The van der Waals surface area contributed by atoms with Crippen LogP contribution in [0.3, 0.4) is 0 Å². The summed E-state index contributed by atoms with van der Waals surface area (Å²) in [6, 6.07) is 17.7. The van der Waals surface area contributed by atoms with E-state index in [1.165, 1.54) is 30.7 Å². The molecule has 2 aromatic carbocycles. The fourth-order valence-electron chi connectivity index (χ4n) is 5.54. The molecule has 0 radical (unpaired) electrons. The second-order valence-corrected chi connectivity index (χ2v) is 12.6. The Bertz CT molecular complexity index is 1290. The quantitative estimate of drug-likeness (QED) is 0.415. The summed E-state index contributed by atoms with van der Waals surface area (Å²) in [5.41, 5.74) is 0.807. The Balaban J connectivity index is 1.44. The zero-order chi connectivity index (χ0) is 27.9. The number of amides is 2. The zero-order valence-corrected chi connectivity index (χ0v) is 23.2. The number of nitriles is 1. The fourth-order valence-corrected chi connectivity index (χ4v) is 6.11. The summed E-state index contributed by atoms with van der Waals surface area (Å²) in [6.45, 7) is 1.81. The van der Waals surface area contributed by atoms with Crippen LogP contribution in [0.1, 0.15) is 60.9 Å². The van der Waals surface area contributed by atoms with E-state index in [4.69, 9.17) is 0 Å². The average molecular weight is 552 g/mol. The zero-order valence-electron chi connectivity index (χ0n) is 22.4. The molecule has 1 aliphatic carbocycles. The lowest BCUT2D eigenvalue weighted by Crippen LogP contribution is -2.56. The van der Waals surface area contributed by atoms with Crippen LogP contribution < -0.4 is 15.4 Å². The van der Waals surface area contributed by atoms with Crippen molar-refractivity contribution < 1.29 is 18.0 Å². The highest BCUT2D eigenvalue weighted by molar-refractivity contribution is 7.92. The maximum absolute atomic E-state index is 13.6. The van der Waals surface area contributed by atoms with E-state index in [0.717, 1.165) is 37.5 Å². The molecule has 1 saturated heterocycles. The number of nitrogens with one attached hydrogen (secondary N) is 3. The standard InChI is InChI=1S/C29H37N5O4S/c1-39(37,38)33-25-14-12-24(13-15-25)27(35)31-26(18-22-8-4-2-5-9-22)28(36)32-29(20-30)16-17-34(21-29)19-23-10-6-3-7-11-23/h3,6-7,10-15,22,26,33H,2,4-5,8-9,16-19,21H2,1H3,(H,31,35)(H,32,36). The first-order valence-corrected chi connectivity index (χ1v) is 15.4. The molecule has 0 spiro atoms. The van der Waals surface area contributed by atoms with Crippen molar-refractivity contribution in [2.75, 3.05) is 24.1 Å². The van der Waals surface area contributed by atoms with Gasteiger partial charge in [0, 0.05) is 30.9 Å². The second kappa shape index (κ2) is 12.6. The Labute approximate surface area is 231 Å². The second-order valence-electron chi connectivity index (χ2n) is 10.8. The number of likely N-dealkylation sites (tertiary alicyclic amines) is 1. The van der Waals surface area contributed by atoms with Crippen molar-refractivity contribution in [1.29, 1.82) is 5.26 Å². The SMILES string of the molecule is CS(=O)(=O)Nc1ccc(C(=O)NC(CC2CCCCC2)C(=O)NC2(C#N)CCN(Cc3ccccc3)C2)cc1. The highest BCUT2D eigenvalue weighted by Gasteiger charge is 2.41. The number of carbonyl (C=O) groups is 2. The average Bonchev–Trinajstić information content (AvgIpc) is 3.31. The van der Waals surface area contributed by atoms with Gasteiger partial charge in [0.1, 0.15) is 11.6 Å². The molecule has 3 N–H and O–H groups in total. The number of hydrogen-bond donors (Lipinski definition) is 3. The lowest BCUT2D eigenvalue weighted by atomic mass is 9.84. The first-order valence-electron chi connectivity index (χ1n) is 13.5. The van der Waals surface area contributed by atoms with Crippen molar-refractivity contribution in [3.8, 4) is 6.07 Å². The van der Waals surface area contributed by atoms with E-state index in [2.05, 4.69) is 26.3 Å². The Hall–Kier alpha value is -3.42. The summed E-state index contributed by atoms with van der Waals surface area (Å²) >= 11 is 0. The van der Waals surface area contributed by atoms with Crippen LogP contribution in [-0.4, -0.2) is 56.1 Å². The van der Waals surface area contributed by atoms with Crippen LogP contribution in [0, 0.1) is 17.2 Å². The molecule has 9 nitrogen and oxygen atoms in total. The molecular formula is C29H37N5O4S. The monoisotopic (exact) mass is 551 g/mol. The van der Waals surface area contributed by atoms with E-state index in [-0.39, 0.29) is 5.91 Å². The van der Waals surface area contributed by atoms with Crippen molar-refractivity contribution in [1.82, 2.24) is 15.5 Å². The molecule has 2 unspecified atom stereocenters. The Kier molecular flexibility index (Phi) is 9.25. The fraction of sp³-hybridized carbons (Fsp3) is 0.483. The molecule has 1 saturated carbocycles. The van der Waals surface area contributed by atoms with E-state index in [1.54, 1.807) is 0 Å². The van der Waals surface area contributed by atoms with Crippen molar-refractivity contribution in [3.63, 3.8) is 0 Å². The van der Waals surface area contributed by atoms with E-state index < -0.39 is 27.5 Å². The number of sulfonamides is 1. The predicted molar refractivity (Wildman–Crippen MR) is 150 cm³/mol. The highest BCUT2D eigenvalue weighted by Crippen LogP contribution is 2.28. The lowest BCUT2D eigenvalue weighted by Gasteiger charge is -2.30. The van der Waals surface area contributed by atoms with Crippen LogP contribution in [0.15, 0.2) is 54.6 Å². The van der Waals surface area contributed by atoms with Gasteiger partial charge in [0.2, 0.25) is 15.9 Å². The molecule has 0 bridgehead atoms. The summed E-state index contributed by atoms with van der Waals surface area (Å²) in [4.78, 5) is 28.9. The van der Waals surface area contributed by atoms with Crippen LogP contribution in [0.25, 0.3) is 0 Å². The molecule has 0 aromatic heterocycles. The highest BCUT2D eigenvalue weighted by atomic mass is 32.2. The van der Waals surface area contributed by atoms with Crippen molar-refractivity contribution in [2.45, 2.75) is 63.1 Å². The predicted octanol–water partition coefficient (Wildman–Crippen LogP) is 3.41. The van der Waals surface area contributed by atoms with Gasteiger partial charge in [0.25, 0.3) is 5.91 Å². The topological polar surface area (TPSA) is 131 Å². The van der Waals surface area contributed by atoms with Gasteiger partial charge < -0.3 is 10.6 Å². The molecule has 4 rings (SSSR count). The van der Waals surface area contributed by atoms with Crippen molar-refractivity contribution >= 4 is 27.5 Å². The minimum absolute atomic E-state index is 0.320. The summed E-state index contributed by atoms with van der Waals surface area (Å²) < 4.78 is 25.3. The normalized spacial score (nSPS) is 21.0. The number of benzene rings is 2. The molecule has 208 valence electrons. The molecular weight excluding hydrogens is 514 g/mol. The third-order valence-electron chi connectivity index (χ3n) is 7.54. The van der Waals surface area contributed by atoms with Crippen LogP contribution in [-0.2, 0) is 21.4 Å².